The van der Waals surface area contributed by atoms with E-state index < -0.39 is 0 Å². The second-order valence-electron chi connectivity index (χ2n) is 5.34. The molecule has 5 nitrogen and oxygen atoms in total. The molecule has 0 spiro atoms. The summed E-state index contributed by atoms with van der Waals surface area (Å²) in [6.45, 7) is 0. The predicted octanol–water partition coefficient (Wildman–Crippen LogP) is 3.05. The number of rotatable bonds is 5. The molecule has 1 N–H and O–H groups in total. The summed E-state index contributed by atoms with van der Waals surface area (Å²) in [4.78, 5) is 25.7. The SMILES string of the molecule is COc1ccc(C=CC(=O)Nc2ccccc2C(=O)N(C)C)cc1. The van der Waals surface area contributed by atoms with Crippen LogP contribution in [0.4, 0.5) is 5.69 Å². The van der Waals surface area contributed by atoms with Gasteiger partial charge in [0.2, 0.25) is 5.91 Å². The molecule has 5 heteroatoms. The van der Waals surface area contributed by atoms with Gasteiger partial charge in [-0.1, -0.05) is 24.3 Å². The third-order valence-corrected chi connectivity index (χ3v) is 3.36. The third kappa shape index (κ3) is 4.46. The van der Waals surface area contributed by atoms with Gasteiger partial charge in [-0.2, -0.15) is 0 Å². The number of carbonyl (C=O) groups excluding carboxylic acids is 2. The van der Waals surface area contributed by atoms with Crippen LogP contribution in [0.3, 0.4) is 0 Å². The first-order chi connectivity index (χ1) is 11.5. The first kappa shape index (κ1) is 17.3. The van der Waals surface area contributed by atoms with Crippen molar-refractivity contribution in [2.75, 3.05) is 26.5 Å². The Bertz CT molecular complexity index is 749. The summed E-state index contributed by atoms with van der Waals surface area (Å²) in [5.41, 5.74) is 1.82. The van der Waals surface area contributed by atoms with Crippen molar-refractivity contribution in [1.29, 1.82) is 0 Å². The van der Waals surface area contributed by atoms with E-state index in [1.54, 1.807) is 51.5 Å². The molecule has 2 amide bonds. The zero-order chi connectivity index (χ0) is 17.5. The number of hydrogen-bond acceptors (Lipinski definition) is 3. The van der Waals surface area contributed by atoms with Crippen LogP contribution < -0.4 is 10.1 Å². The minimum Gasteiger partial charge on any atom is -0.497 e. The van der Waals surface area contributed by atoms with E-state index in [-0.39, 0.29) is 11.8 Å². The number of nitrogens with one attached hydrogen (secondary N) is 1. The quantitative estimate of drug-likeness (QED) is 0.860. The summed E-state index contributed by atoms with van der Waals surface area (Å²) >= 11 is 0. The molecule has 0 aliphatic rings. The maximum atomic E-state index is 12.1. The van der Waals surface area contributed by atoms with Gasteiger partial charge in [-0.25, -0.2) is 0 Å². The second kappa shape index (κ2) is 7.97. The maximum Gasteiger partial charge on any atom is 0.255 e. The molecule has 0 radical (unpaired) electrons. The molecule has 0 bridgehead atoms. The maximum absolute atomic E-state index is 12.1. The molecule has 0 heterocycles. The lowest BCUT2D eigenvalue weighted by Gasteiger charge is -2.14. The molecule has 2 aromatic rings. The number of amides is 2. The van der Waals surface area contributed by atoms with E-state index in [0.717, 1.165) is 11.3 Å². The molecular formula is C19H20N2O3. The Hall–Kier alpha value is -3.08. The van der Waals surface area contributed by atoms with Crippen molar-refractivity contribution < 1.29 is 14.3 Å². The van der Waals surface area contributed by atoms with Gasteiger partial charge in [0.15, 0.2) is 0 Å². The van der Waals surface area contributed by atoms with Gasteiger partial charge in [0, 0.05) is 20.2 Å². The van der Waals surface area contributed by atoms with Gasteiger partial charge in [-0.05, 0) is 35.9 Å². The van der Waals surface area contributed by atoms with Crippen LogP contribution in [-0.2, 0) is 4.79 Å². The number of nitrogens with zero attached hydrogens (tertiary/aromatic N) is 1. The van der Waals surface area contributed by atoms with Crippen LogP contribution in [0.15, 0.2) is 54.6 Å². The number of carbonyl (C=O) groups is 2. The van der Waals surface area contributed by atoms with Crippen LogP contribution >= 0.6 is 0 Å². The average molecular weight is 324 g/mol. The molecule has 0 aromatic heterocycles. The smallest absolute Gasteiger partial charge is 0.255 e. The molecule has 0 saturated heterocycles. The highest BCUT2D eigenvalue weighted by atomic mass is 16.5. The Morgan fingerprint density at radius 3 is 2.33 bits per heavy atom. The van der Waals surface area contributed by atoms with Crippen LogP contribution in [0.5, 0.6) is 5.75 Å². The summed E-state index contributed by atoms with van der Waals surface area (Å²) < 4.78 is 5.09. The standard InChI is InChI=1S/C19H20N2O3/c1-21(2)19(23)16-6-4-5-7-17(16)20-18(22)13-10-14-8-11-15(24-3)12-9-14/h4-13H,1-3H3,(H,20,22). The molecule has 0 unspecified atom stereocenters. The van der Waals surface area contributed by atoms with Crippen molar-refractivity contribution in [3.05, 3.63) is 65.7 Å². The van der Waals surface area contributed by atoms with E-state index in [2.05, 4.69) is 5.32 Å². The molecule has 0 aliphatic carbocycles. The summed E-state index contributed by atoms with van der Waals surface area (Å²) in [6.07, 6.45) is 3.13. The highest BCUT2D eigenvalue weighted by Crippen LogP contribution is 2.17. The van der Waals surface area contributed by atoms with Gasteiger partial charge in [-0.15, -0.1) is 0 Å². The van der Waals surface area contributed by atoms with E-state index >= 15 is 0 Å². The number of methoxy groups -OCH3 is 1. The third-order valence-electron chi connectivity index (χ3n) is 3.36. The molecule has 124 valence electrons. The van der Waals surface area contributed by atoms with Crippen molar-refractivity contribution in [3.8, 4) is 5.75 Å². The molecule has 2 rings (SSSR count). The van der Waals surface area contributed by atoms with Crippen LogP contribution in [0.2, 0.25) is 0 Å². The lowest BCUT2D eigenvalue weighted by molar-refractivity contribution is -0.111. The topological polar surface area (TPSA) is 58.6 Å². The fourth-order valence-corrected chi connectivity index (χ4v) is 2.08. The van der Waals surface area contributed by atoms with Gasteiger partial charge >= 0.3 is 0 Å². The number of benzene rings is 2. The van der Waals surface area contributed by atoms with Gasteiger partial charge in [0.25, 0.3) is 5.91 Å². The van der Waals surface area contributed by atoms with Gasteiger partial charge in [0.1, 0.15) is 5.75 Å². The fourth-order valence-electron chi connectivity index (χ4n) is 2.08. The predicted molar refractivity (Wildman–Crippen MR) is 95.1 cm³/mol. The van der Waals surface area contributed by atoms with Crippen molar-refractivity contribution in [3.63, 3.8) is 0 Å². The Labute approximate surface area is 141 Å². The van der Waals surface area contributed by atoms with Crippen LogP contribution in [0, 0.1) is 0 Å². The van der Waals surface area contributed by atoms with E-state index in [9.17, 15) is 9.59 Å². The van der Waals surface area contributed by atoms with Gasteiger partial charge in [0.05, 0.1) is 18.4 Å². The van der Waals surface area contributed by atoms with Crippen molar-refractivity contribution in [1.82, 2.24) is 4.90 Å². The fraction of sp³-hybridized carbons (Fsp3) is 0.158. The summed E-state index contributed by atoms with van der Waals surface area (Å²) in [5.74, 6) is 0.294. The first-order valence-electron chi connectivity index (χ1n) is 7.45. The molecule has 0 atom stereocenters. The largest absolute Gasteiger partial charge is 0.497 e. The minimum atomic E-state index is -0.301. The van der Waals surface area contributed by atoms with Crippen LogP contribution in [0.25, 0.3) is 6.08 Å². The van der Waals surface area contributed by atoms with E-state index in [4.69, 9.17) is 4.74 Å². The number of anilines is 1. The average Bonchev–Trinajstić information content (AvgIpc) is 2.60. The minimum absolute atomic E-state index is 0.162. The number of hydrogen-bond donors (Lipinski definition) is 1. The van der Waals surface area contributed by atoms with E-state index in [1.807, 2.05) is 24.3 Å². The molecule has 24 heavy (non-hydrogen) atoms. The zero-order valence-electron chi connectivity index (χ0n) is 13.9. The van der Waals surface area contributed by atoms with E-state index in [1.165, 1.54) is 11.0 Å². The van der Waals surface area contributed by atoms with Gasteiger partial charge in [-0.3, -0.25) is 9.59 Å². The summed E-state index contributed by atoms with van der Waals surface area (Å²) in [7, 11) is 4.94. The summed E-state index contributed by atoms with van der Waals surface area (Å²) in [5, 5.41) is 2.74. The Kier molecular flexibility index (Phi) is 5.73. The number of ether oxygens (including phenoxy) is 1. The molecule has 0 aliphatic heterocycles. The van der Waals surface area contributed by atoms with Crippen LogP contribution in [-0.4, -0.2) is 37.9 Å². The van der Waals surface area contributed by atoms with Crippen molar-refractivity contribution in [2.24, 2.45) is 0 Å². The van der Waals surface area contributed by atoms with E-state index in [0.29, 0.717) is 11.3 Å². The Morgan fingerprint density at radius 1 is 1.04 bits per heavy atom. The summed E-state index contributed by atoms with van der Waals surface area (Å²) in [6, 6.07) is 14.3. The molecule has 2 aromatic carbocycles. The van der Waals surface area contributed by atoms with Crippen molar-refractivity contribution >= 4 is 23.6 Å². The Balaban J connectivity index is 2.09. The highest BCUT2D eigenvalue weighted by Gasteiger charge is 2.13. The lowest BCUT2D eigenvalue weighted by atomic mass is 10.1. The monoisotopic (exact) mass is 324 g/mol. The first-order valence-corrected chi connectivity index (χ1v) is 7.45. The van der Waals surface area contributed by atoms with Gasteiger partial charge < -0.3 is 15.0 Å². The molecular weight excluding hydrogens is 304 g/mol. The number of para-hydroxylation sites is 1. The zero-order valence-corrected chi connectivity index (χ0v) is 13.9. The second-order valence-corrected chi connectivity index (χ2v) is 5.34. The highest BCUT2D eigenvalue weighted by molar-refractivity contribution is 6.07. The molecule has 0 saturated carbocycles. The lowest BCUT2D eigenvalue weighted by Crippen LogP contribution is -2.23. The molecule has 0 fully saturated rings. The van der Waals surface area contributed by atoms with Crippen molar-refractivity contribution in [2.45, 2.75) is 0 Å². The Morgan fingerprint density at radius 2 is 1.71 bits per heavy atom. The normalized spacial score (nSPS) is 10.5. The van der Waals surface area contributed by atoms with Crippen LogP contribution in [0.1, 0.15) is 15.9 Å².